The quantitative estimate of drug-likeness (QED) is 0.808. The van der Waals surface area contributed by atoms with E-state index in [-0.39, 0.29) is 12.5 Å². The molecule has 0 saturated heterocycles. The fourth-order valence-electron chi connectivity index (χ4n) is 1.75. The molecular formula is C14H12F3NO3. The van der Waals surface area contributed by atoms with Crippen LogP contribution in [-0.4, -0.2) is 17.6 Å². The summed E-state index contributed by atoms with van der Waals surface area (Å²) in [4.78, 5) is 15.0. The zero-order valence-corrected chi connectivity index (χ0v) is 11.3. The van der Waals surface area contributed by atoms with Crippen molar-refractivity contribution < 1.29 is 27.1 Å². The molecule has 0 N–H and O–H groups in total. The lowest BCUT2D eigenvalue weighted by molar-refractivity contribution is -0.141. The number of halogens is 3. The molecule has 7 heteroatoms. The molecule has 0 unspecified atom stereocenters. The van der Waals surface area contributed by atoms with E-state index in [1.54, 1.807) is 31.2 Å². The Bertz CT molecular complexity index is 662. The molecule has 2 aromatic rings. The summed E-state index contributed by atoms with van der Waals surface area (Å²) >= 11 is 0. The lowest BCUT2D eigenvalue weighted by Crippen LogP contribution is -2.14. The number of ether oxygens (including phenoxy) is 1. The Labute approximate surface area is 118 Å². The van der Waals surface area contributed by atoms with Crippen LogP contribution in [0.4, 0.5) is 13.2 Å². The average Bonchev–Trinajstić information content (AvgIpc) is 2.84. The van der Waals surface area contributed by atoms with Crippen molar-refractivity contribution in [3.05, 3.63) is 41.3 Å². The third kappa shape index (κ3) is 3.24. The second-order valence-electron chi connectivity index (χ2n) is 4.28. The van der Waals surface area contributed by atoms with E-state index in [2.05, 4.69) is 9.72 Å². The lowest BCUT2D eigenvalue weighted by atomic mass is 10.1. The predicted molar refractivity (Wildman–Crippen MR) is 67.6 cm³/mol. The van der Waals surface area contributed by atoms with Crippen LogP contribution in [0.2, 0.25) is 0 Å². The van der Waals surface area contributed by atoms with Crippen molar-refractivity contribution in [2.75, 3.05) is 6.61 Å². The van der Waals surface area contributed by atoms with E-state index in [1.807, 2.05) is 0 Å². The smallest absolute Gasteiger partial charge is 0.437 e. The van der Waals surface area contributed by atoms with Gasteiger partial charge in [-0.3, -0.25) is 0 Å². The van der Waals surface area contributed by atoms with Crippen molar-refractivity contribution in [1.29, 1.82) is 0 Å². The number of esters is 1. The van der Waals surface area contributed by atoms with Gasteiger partial charge in [0.2, 0.25) is 11.7 Å². The summed E-state index contributed by atoms with van der Waals surface area (Å²) in [6.07, 6.45) is -4.80. The minimum absolute atomic E-state index is 0.0589. The summed E-state index contributed by atoms with van der Waals surface area (Å²) in [5.74, 6) is -2.38. The van der Waals surface area contributed by atoms with E-state index in [0.717, 1.165) is 5.56 Å². The molecule has 1 heterocycles. The number of hydrogen-bond acceptors (Lipinski definition) is 4. The topological polar surface area (TPSA) is 52.3 Å². The highest BCUT2D eigenvalue weighted by molar-refractivity contribution is 5.88. The molecule has 21 heavy (non-hydrogen) atoms. The van der Waals surface area contributed by atoms with Gasteiger partial charge in [0.1, 0.15) is 0 Å². The molecule has 1 aromatic heterocycles. The highest BCUT2D eigenvalue weighted by Crippen LogP contribution is 2.34. The fraction of sp³-hybridized carbons (Fsp3) is 0.286. The van der Waals surface area contributed by atoms with Gasteiger partial charge in [-0.1, -0.05) is 17.7 Å². The van der Waals surface area contributed by atoms with Gasteiger partial charge < -0.3 is 9.15 Å². The molecule has 0 amide bonds. The standard InChI is InChI=1S/C14H12F3NO3/c1-3-20-13(19)10-11(14(15,16)17)18-12(21-10)9-6-4-5-8(2)7-9/h4-7H,3H2,1-2H3. The van der Waals surface area contributed by atoms with E-state index < -0.39 is 23.6 Å². The van der Waals surface area contributed by atoms with Crippen LogP contribution in [0.5, 0.6) is 0 Å². The molecule has 1 aromatic carbocycles. The molecule has 0 aliphatic carbocycles. The summed E-state index contributed by atoms with van der Waals surface area (Å²) < 4.78 is 48.3. The molecule has 0 spiro atoms. The van der Waals surface area contributed by atoms with Gasteiger partial charge >= 0.3 is 12.1 Å². The maximum absolute atomic E-state index is 12.9. The zero-order chi connectivity index (χ0) is 15.6. The molecule has 0 saturated carbocycles. The van der Waals surface area contributed by atoms with E-state index in [0.29, 0.717) is 5.56 Å². The monoisotopic (exact) mass is 299 g/mol. The van der Waals surface area contributed by atoms with Crippen LogP contribution in [0, 0.1) is 6.92 Å². The second kappa shape index (κ2) is 5.59. The van der Waals surface area contributed by atoms with Gasteiger partial charge in [-0.15, -0.1) is 0 Å². The van der Waals surface area contributed by atoms with Crippen molar-refractivity contribution in [3.63, 3.8) is 0 Å². The normalized spacial score (nSPS) is 11.5. The minimum atomic E-state index is -4.80. The van der Waals surface area contributed by atoms with E-state index in [1.165, 1.54) is 6.92 Å². The maximum Gasteiger partial charge on any atom is 0.437 e. The summed E-state index contributed by atoms with van der Waals surface area (Å²) in [6, 6.07) is 6.60. The van der Waals surface area contributed by atoms with Gasteiger partial charge in [-0.2, -0.15) is 13.2 Å². The number of aromatic nitrogens is 1. The number of rotatable bonds is 3. The number of hydrogen-bond donors (Lipinski definition) is 0. The van der Waals surface area contributed by atoms with E-state index in [9.17, 15) is 18.0 Å². The van der Waals surface area contributed by atoms with Crippen LogP contribution in [0.15, 0.2) is 28.7 Å². The molecule has 0 bridgehead atoms. The van der Waals surface area contributed by atoms with Gasteiger partial charge in [0.25, 0.3) is 0 Å². The largest absolute Gasteiger partial charge is 0.460 e. The summed E-state index contributed by atoms with van der Waals surface area (Å²) in [6.45, 7) is 3.21. The number of aryl methyl sites for hydroxylation is 1. The Balaban J connectivity index is 2.53. The van der Waals surface area contributed by atoms with Gasteiger partial charge in [0, 0.05) is 5.56 Å². The molecule has 0 fully saturated rings. The average molecular weight is 299 g/mol. The Morgan fingerprint density at radius 1 is 1.38 bits per heavy atom. The predicted octanol–water partition coefficient (Wildman–Crippen LogP) is 3.85. The summed E-state index contributed by atoms with van der Waals surface area (Å²) in [5.41, 5.74) is -0.189. The molecular weight excluding hydrogens is 287 g/mol. The molecule has 0 atom stereocenters. The number of carbonyl (C=O) groups excluding carboxylic acids is 1. The van der Waals surface area contributed by atoms with Gasteiger partial charge in [-0.25, -0.2) is 9.78 Å². The number of nitrogens with zero attached hydrogens (tertiary/aromatic N) is 1. The number of carbonyl (C=O) groups is 1. The number of benzene rings is 1. The second-order valence-corrected chi connectivity index (χ2v) is 4.28. The van der Waals surface area contributed by atoms with E-state index >= 15 is 0 Å². The molecule has 0 aliphatic heterocycles. The van der Waals surface area contributed by atoms with Crippen molar-refractivity contribution in [2.45, 2.75) is 20.0 Å². The van der Waals surface area contributed by atoms with Crippen molar-refractivity contribution in [3.8, 4) is 11.5 Å². The SMILES string of the molecule is CCOC(=O)c1oc(-c2cccc(C)c2)nc1C(F)(F)F. The summed E-state index contributed by atoms with van der Waals surface area (Å²) in [5, 5.41) is 0. The third-order valence-electron chi connectivity index (χ3n) is 2.62. The highest BCUT2D eigenvalue weighted by Gasteiger charge is 2.41. The molecule has 0 radical (unpaired) electrons. The zero-order valence-electron chi connectivity index (χ0n) is 11.3. The van der Waals surface area contributed by atoms with Crippen LogP contribution in [0.25, 0.3) is 11.5 Å². The first-order chi connectivity index (χ1) is 9.82. The highest BCUT2D eigenvalue weighted by atomic mass is 19.4. The third-order valence-corrected chi connectivity index (χ3v) is 2.62. The molecule has 0 aliphatic rings. The molecule has 112 valence electrons. The Morgan fingerprint density at radius 2 is 2.10 bits per heavy atom. The number of oxazole rings is 1. The number of alkyl halides is 3. The van der Waals surface area contributed by atoms with Crippen molar-refractivity contribution in [2.24, 2.45) is 0 Å². The maximum atomic E-state index is 12.9. The van der Waals surface area contributed by atoms with Crippen molar-refractivity contribution >= 4 is 5.97 Å². The first-order valence-corrected chi connectivity index (χ1v) is 6.15. The molecule has 2 rings (SSSR count). The van der Waals surface area contributed by atoms with Gasteiger partial charge in [0.15, 0.2) is 5.69 Å². The van der Waals surface area contributed by atoms with Gasteiger partial charge in [0.05, 0.1) is 6.61 Å². The van der Waals surface area contributed by atoms with Crippen LogP contribution in [0.3, 0.4) is 0 Å². The Kier molecular flexibility index (Phi) is 4.02. The minimum Gasteiger partial charge on any atom is -0.460 e. The molecule has 4 nitrogen and oxygen atoms in total. The van der Waals surface area contributed by atoms with Gasteiger partial charge in [-0.05, 0) is 26.0 Å². The van der Waals surface area contributed by atoms with Crippen LogP contribution in [-0.2, 0) is 10.9 Å². The van der Waals surface area contributed by atoms with Crippen LogP contribution < -0.4 is 0 Å². The fourth-order valence-corrected chi connectivity index (χ4v) is 1.75. The summed E-state index contributed by atoms with van der Waals surface area (Å²) in [7, 11) is 0. The first kappa shape index (κ1) is 15.1. The first-order valence-electron chi connectivity index (χ1n) is 6.15. The van der Waals surface area contributed by atoms with Crippen molar-refractivity contribution in [1.82, 2.24) is 4.98 Å². The van der Waals surface area contributed by atoms with Crippen LogP contribution >= 0.6 is 0 Å². The lowest BCUT2D eigenvalue weighted by Gasteiger charge is -2.03. The Morgan fingerprint density at radius 3 is 2.67 bits per heavy atom. The van der Waals surface area contributed by atoms with E-state index in [4.69, 9.17) is 4.42 Å². The Hall–Kier alpha value is -2.31. The van der Waals surface area contributed by atoms with Crippen LogP contribution in [0.1, 0.15) is 28.7 Å².